The van der Waals surface area contributed by atoms with Gasteiger partial charge in [-0.15, -0.1) is 0 Å². The van der Waals surface area contributed by atoms with Gasteiger partial charge >= 0.3 is 6.09 Å². The van der Waals surface area contributed by atoms with Crippen molar-refractivity contribution in [1.82, 2.24) is 14.5 Å². The predicted molar refractivity (Wildman–Crippen MR) is 130 cm³/mol. The Hall–Kier alpha value is -3.80. The molecule has 1 atom stereocenters. The molecule has 0 spiro atoms. The van der Waals surface area contributed by atoms with E-state index in [0.717, 1.165) is 22.2 Å². The minimum absolute atomic E-state index is 0.150. The van der Waals surface area contributed by atoms with Crippen LogP contribution < -0.4 is 10.9 Å². The number of alkyl carbamates (subject to hydrolysis) is 1. The lowest BCUT2D eigenvalue weighted by Crippen LogP contribution is -2.36. The van der Waals surface area contributed by atoms with Crippen molar-refractivity contribution in [3.63, 3.8) is 0 Å². The molecule has 1 unspecified atom stereocenters. The van der Waals surface area contributed by atoms with Crippen molar-refractivity contribution in [2.75, 3.05) is 13.7 Å². The van der Waals surface area contributed by atoms with Gasteiger partial charge in [-0.1, -0.05) is 71.8 Å². The summed E-state index contributed by atoms with van der Waals surface area (Å²) in [5.41, 5.74) is 7.08. The minimum Gasteiger partial charge on any atom is -0.453 e. The van der Waals surface area contributed by atoms with Crippen LogP contribution in [0.4, 0.5) is 4.79 Å². The first-order chi connectivity index (χ1) is 16.0. The molecule has 0 saturated heterocycles. The number of nitrogens with zero attached hydrogens (tertiary/aromatic N) is 2. The Morgan fingerprint density at radius 2 is 1.48 bits per heavy atom. The third-order valence-electron chi connectivity index (χ3n) is 6.00. The molecule has 1 amide bonds. The van der Waals surface area contributed by atoms with Crippen molar-refractivity contribution < 1.29 is 9.53 Å². The average Bonchev–Trinajstić information content (AvgIpc) is 3.10. The third kappa shape index (κ3) is 5.00. The molecule has 2 N–H and O–H groups in total. The van der Waals surface area contributed by atoms with Gasteiger partial charge in [-0.2, -0.15) is 0 Å². The summed E-state index contributed by atoms with van der Waals surface area (Å²) in [5.74, 6) is 0. The Bertz CT molecular complexity index is 1300. The molecular formula is C27H30N4O2. The first kappa shape index (κ1) is 22.4. The second-order valence-corrected chi connectivity index (χ2v) is 8.47. The maximum atomic E-state index is 11.9. The lowest BCUT2D eigenvalue weighted by molar-refractivity contribution is 0.169. The fourth-order valence-corrected chi connectivity index (χ4v) is 4.18. The van der Waals surface area contributed by atoms with Gasteiger partial charge in [0, 0.05) is 6.54 Å². The molecule has 6 nitrogen and oxygen atoms in total. The smallest absolute Gasteiger partial charge is 0.406 e. The average molecular weight is 443 g/mol. The second kappa shape index (κ2) is 9.77. The Kier molecular flexibility index (Phi) is 6.63. The number of carbonyl (C=O) groups is 1. The van der Waals surface area contributed by atoms with Crippen LogP contribution >= 0.6 is 0 Å². The Morgan fingerprint density at radius 3 is 2.09 bits per heavy atom. The van der Waals surface area contributed by atoms with Crippen LogP contribution in [-0.4, -0.2) is 28.9 Å². The Morgan fingerprint density at radius 1 is 0.909 bits per heavy atom. The number of ether oxygens (including phenoxy) is 1. The molecule has 0 radical (unpaired) electrons. The van der Waals surface area contributed by atoms with E-state index in [2.05, 4.69) is 73.8 Å². The lowest BCUT2D eigenvalue weighted by atomic mass is 10.0. The van der Waals surface area contributed by atoms with Crippen molar-refractivity contribution in [2.24, 2.45) is 0 Å². The van der Waals surface area contributed by atoms with Crippen LogP contribution in [0.3, 0.4) is 0 Å². The van der Waals surface area contributed by atoms with Crippen LogP contribution in [-0.2, 0) is 17.7 Å². The van der Waals surface area contributed by atoms with Crippen molar-refractivity contribution in [3.05, 3.63) is 101 Å². The van der Waals surface area contributed by atoms with Gasteiger partial charge in [0.15, 0.2) is 0 Å². The molecule has 0 aliphatic rings. The third-order valence-corrected chi connectivity index (χ3v) is 6.00. The quantitative estimate of drug-likeness (QED) is 0.434. The molecule has 0 fully saturated rings. The number of aryl methyl sites for hydroxylation is 2. The molecule has 0 bridgehead atoms. The molecule has 170 valence electrons. The van der Waals surface area contributed by atoms with Crippen LogP contribution in [0.5, 0.6) is 0 Å². The van der Waals surface area contributed by atoms with Crippen molar-refractivity contribution >= 4 is 17.1 Å². The number of aromatic nitrogens is 2. The molecule has 6 heteroatoms. The highest BCUT2D eigenvalue weighted by Gasteiger charge is 2.20. The number of amides is 1. The van der Waals surface area contributed by atoms with E-state index in [1.54, 1.807) is 0 Å². The number of imidazole rings is 1. The topological polar surface area (TPSA) is 72.0 Å². The van der Waals surface area contributed by atoms with Crippen LogP contribution in [0.1, 0.15) is 28.3 Å². The normalized spacial score (nSPS) is 12.0. The molecule has 1 heterocycles. The number of rotatable bonds is 7. The van der Waals surface area contributed by atoms with E-state index < -0.39 is 6.09 Å². The second-order valence-electron chi connectivity index (χ2n) is 8.47. The SMILES string of the molecule is COC(=O)NCC(Cc1ccc(C)cc1)n1c(=N)n(Cc2ccc(C)cc2)c2ccccc21. The maximum Gasteiger partial charge on any atom is 0.406 e. The highest BCUT2D eigenvalue weighted by atomic mass is 16.5. The summed E-state index contributed by atoms with van der Waals surface area (Å²) in [7, 11) is 1.36. The molecule has 0 saturated carbocycles. The molecule has 0 aliphatic heterocycles. The highest BCUT2D eigenvalue weighted by Crippen LogP contribution is 2.21. The van der Waals surface area contributed by atoms with Gasteiger partial charge in [0.2, 0.25) is 5.62 Å². The first-order valence-corrected chi connectivity index (χ1v) is 11.1. The van der Waals surface area contributed by atoms with E-state index in [0.29, 0.717) is 25.1 Å². The number of hydrogen-bond donors (Lipinski definition) is 2. The summed E-state index contributed by atoms with van der Waals surface area (Å²) in [6.07, 6.45) is 0.207. The monoisotopic (exact) mass is 442 g/mol. The van der Waals surface area contributed by atoms with E-state index in [1.807, 2.05) is 27.3 Å². The molecule has 33 heavy (non-hydrogen) atoms. The Balaban J connectivity index is 1.78. The summed E-state index contributed by atoms with van der Waals surface area (Å²) in [6.45, 7) is 5.10. The van der Waals surface area contributed by atoms with Crippen LogP contribution in [0.15, 0.2) is 72.8 Å². The summed E-state index contributed by atoms with van der Waals surface area (Å²) in [5, 5.41) is 12.0. The van der Waals surface area contributed by atoms with Crippen molar-refractivity contribution in [1.29, 1.82) is 5.41 Å². The predicted octanol–water partition coefficient (Wildman–Crippen LogP) is 4.73. The zero-order valence-electron chi connectivity index (χ0n) is 19.3. The van der Waals surface area contributed by atoms with Crippen LogP contribution in [0.2, 0.25) is 0 Å². The van der Waals surface area contributed by atoms with Gasteiger partial charge in [-0.25, -0.2) is 4.79 Å². The lowest BCUT2D eigenvalue weighted by Gasteiger charge is -2.20. The van der Waals surface area contributed by atoms with Gasteiger partial charge in [0.25, 0.3) is 0 Å². The fraction of sp³-hybridized carbons (Fsp3) is 0.259. The maximum absolute atomic E-state index is 11.9. The fourth-order valence-electron chi connectivity index (χ4n) is 4.18. The highest BCUT2D eigenvalue weighted by molar-refractivity contribution is 5.76. The number of para-hydroxylation sites is 2. The van der Waals surface area contributed by atoms with E-state index in [-0.39, 0.29) is 6.04 Å². The standard InChI is InChI=1S/C27H30N4O2/c1-19-8-12-21(13-9-19)16-23(17-29-27(32)33-3)31-25-7-5-4-6-24(25)30(26(31)28)18-22-14-10-20(2)11-15-22/h4-15,23,28H,16-18H2,1-3H3,(H,29,32). The van der Waals surface area contributed by atoms with E-state index in [1.165, 1.54) is 18.2 Å². The summed E-state index contributed by atoms with van der Waals surface area (Å²) < 4.78 is 8.86. The zero-order valence-corrected chi connectivity index (χ0v) is 19.3. The van der Waals surface area contributed by atoms with Gasteiger partial charge in [0.1, 0.15) is 0 Å². The van der Waals surface area contributed by atoms with E-state index in [9.17, 15) is 4.79 Å². The number of methoxy groups -OCH3 is 1. The number of carbonyl (C=O) groups excluding carboxylic acids is 1. The van der Waals surface area contributed by atoms with Crippen molar-refractivity contribution in [3.8, 4) is 0 Å². The summed E-state index contributed by atoms with van der Waals surface area (Å²) in [6, 6.07) is 24.7. The summed E-state index contributed by atoms with van der Waals surface area (Å²) in [4.78, 5) is 11.9. The van der Waals surface area contributed by atoms with Gasteiger partial charge in [-0.05, 0) is 43.5 Å². The van der Waals surface area contributed by atoms with Gasteiger partial charge < -0.3 is 19.2 Å². The first-order valence-electron chi connectivity index (χ1n) is 11.1. The number of benzene rings is 3. The minimum atomic E-state index is -0.473. The number of nitrogens with one attached hydrogen (secondary N) is 2. The Labute approximate surface area is 194 Å². The summed E-state index contributed by atoms with van der Waals surface area (Å²) >= 11 is 0. The molecular weight excluding hydrogens is 412 g/mol. The zero-order chi connectivity index (χ0) is 23.4. The molecule has 4 aromatic rings. The number of fused-ring (bicyclic) bond motifs is 1. The van der Waals surface area contributed by atoms with E-state index >= 15 is 0 Å². The molecule has 3 aromatic carbocycles. The largest absolute Gasteiger partial charge is 0.453 e. The molecule has 0 aliphatic carbocycles. The van der Waals surface area contributed by atoms with Crippen LogP contribution in [0.25, 0.3) is 11.0 Å². The van der Waals surface area contributed by atoms with Crippen LogP contribution in [0, 0.1) is 19.3 Å². The van der Waals surface area contributed by atoms with E-state index in [4.69, 9.17) is 10.1 Å². The number of hydrogen-bond acceptors (Lipinski definition) is 3. The van der Waals surface area contributed by atoms with Gasteiger partial charge in [0.05, 0.1) is 30.7 Å². The van der Waals surface area contributed by atoms with Crippen molar-refractivity contribution in [2.45, 2.75) is 32.9 Å². The molecule has 4 rings (SSSR count). The van der Waals surface area contributed by atoms with Gasteiger partial charge in [-0.3, -0.25) is 5.41 Å². The molecule has 1 aromatic heterocycles.